The zero-order chi connectivity index (χ0) is 17.9. The number of amides is 2. The molecule has 0 aromatic heterocycles. The molecule has 1 saturated heterocycles. The van der Waals surface area contributed by atoms with Crippen molar-refractivity contribution >= 4 is 29.0 Å². The van der Waals surface area contributed by atoms with Crippen molar-refractivity contribution in [3.05, 3.63) is 34.2 Å². The Balaban J connectivity index is 2.23. The molecule has 24 heavy (non-hydrogen) atoms. The molecule has 1 aromatic rings. The van der Waals surface area contributed by atoms with Crippen LogP contribution in [-0.4, -0.2) is 27.7 Å². The highest BCUT2D eigenvalue weighted by molar-refractivity contribution is 8.18. The molecular formula is C16H16F3NO3S. The van der Waals surface area contributed by atoms with Crippen molar-refractivity contribution in [2.45, 2.75) is 32.4 Å². The van der Waals surface area contributed by atoms with E-state index >= 15 is 0 Å². The topological polar surface area (TPSA) is 57.6 Å². The summed E-state index contributed by atoms with van der Waals surface area (Å²) in [5.74, 6) is -1.38. The standard InChI is InChI=1S/C16H16F3NO3S/c1-2-3-4-7-20-14(22)13(24-15(20)23)9-10-5-6-12(21)11(8-10)16(17,18)19/h5-6,8-9,21H,2-4,7H2,1H3/b13-9+. The van der Waals surface area contributed by atoms with E-state index in [0.29, 0.717) is 24.7 Å². The molecule has 0 aliphatic carbocycles. The summed E-state index contributed by atoms with van der Waals surface area (Å²) in [7, 11) is 0. The van der Waals surface area contributed by atoms with Crippen molar-refractivity contribution in [1.82, 2.24) is 4.90 Å². The molecule has 1 heterocycles. The summed E-state index contributed by atoms with van der Waals surface area (Å²) in [5.41, 5.74) is -1.09. The number of nitrogens with zero attached hydrogens (tertiary/aromatic N) is 1. The van der Waals surface area contributed by atoms with Crippen molar-refractivity contribution < 1.29 is 27.9 Å². The van der Waals surface area contributed by atoms with E-state index in [1.165, 1.54) is 12.1 Å². The number of benzene rings is 1. The van der Waals surface area contributed by atoms with Crippen LogP contribution < -0.4 is 0 Å². The number of alkyl halides is 3. The van der Waals surface area contributed by atoms with Crippen molar-refractivity contribution in [3.8, 4) is 5.75 Å². The van der Waals surface area contributed by atoms with Gasteiger partial charge in [-0.1, -0.05) is 25.8 Å². The molecule has 1 aliphatic rings. The third-order valence-corrected chi connectivity index (χ3v) is 4.39. The van der Waals surface area contributed by atoms with Crippen LogP contribution in [0.2, 0.25) is 0 Å². The Morgan fingerprint density at radius 3 is 2.58 bits per heavy atom. The Morgan fingerprint density at radius 2 is 1.96 bits per heavy atom. The first kappa shape index (κ1) is 18.4. The number of carbonyl (C=O) groups is 2. The third kappa shape index (κ3) is 4.11. The Morgan fingerprint density at radius 1 is 1.25 bits per heavy atom. The first-order valence-corrected chi connectivity index (χ1v) is 8.21. The van der Waals surface area contributed by atoms with Gasteiger partial charge in [0.25, 0.3) is 11.1 Å². The smallest absolute Gasteiger partial charge is 0.419 e. The fourth-order valence-electron chi connectivity index (χ4n) is 2.23. The summed E-state index contributed by atoms with van der Waals surface area (Å²) in [6.07, 6.45) is -0.945. The number of rotatable bonds is 5. The molecule has 4 nitrogen and oxygen atoms in total. The zero-order valence-electron chi connectivity index (χ0n) is 12.9. The lowest BCUT2D eigenvalue weighted by atomic mass is 10.1. The molecule has 2 amide bonds. The summed E-state index contributed by atoms with van der Waals surface area (Å²) in [4.78, 5) is 25.3. The number of hydrogen-bond donors (Lipinski definition) is 1. The minimum Gasteiger partial charge on any atom is -0.507 e. The molecule has 8 heteroatoms. The number of hydrogen-bond acceptors (Lipinski definition) is 4. The van der Waals surface area contributed by atoms with E-state index in [0.717, 1.165) is 29.9 Å². The van der Waals surface area contributed by atoms with Gasteiger partial charge in [-0.05, 0) is 42.0 Å². The lowest BCUT2D eigenvalue weighted by molar-refractivity contribution is -0.138. The monoisotopic (exact) mass is 359 g/mol. The van der Waals surface area contributed by atoms with Crippen LogP contribution in [0.5, 0.6) is 5.75 Å². The van der Waals surface area contributed by atoms with Crippen LogP contribution in [0.15, 0.2) is 23.1 Å². The number of unbranched alkanes of at least 4 members (excludes halogenated alkanes) is 2. The van der Waals surface area contributed by atoms with Crippen LogP contribution in [0.1, 0.15) is 37.3 Å². The van der Waals surface area contributed by atoms with Crippen molar-refractivity contribution in [2.24, 2.45) is 0 Å². The summed E-state index contributed by atoms with van der Waals surface area (Å²) in [6.45, 7) is 2.30. The van der Waals surface area contributed by atoms with Gasteiger partial charge in [0.15, 0.2) is 0 Å². The minimum atomic E-state index is -4.70. The largest absolute Gasteiger partial charge is 0.507 e. The third-order valence-electron chi connectivity index (χ3n) is 3.48. The fourth-order valence-corrected chi connectivity index (χ4v) is 3.10. The summed E-state index contributed by atoms with van der Waals surface area (Å²) in [6, 6.07) is 2.93. The molecule has 1 fully saturated rings. The normalized spacial score (nSPS) is 17.2. The number of thioether (sulfide) groups is 1. The zero-order valence-corrected chi connectivity index (χ0v) is 13.7. The highest BCUT2D eigenvalue weighted by atomic mass is 32.2. The Labute approximate surface area is 141 Å². The lowest BCUT2D eigenvalue weighted by Crippen LogP contribution is -2.29. The molecule has 0 radical (unpaired) electrons. The van der Waals surface area contributed by atoms with Gasteiger partial charge < -0.3 is 5.11 Å². The molecule has 0 atom stereocenters. The number of imide groups is 1. The SMILES string of the molecule is CCCCCN1C(=O)S/C(=C/c2ccc(O)c(C(F)(F)F)c2)C1=O. The van der Waals surface area contributed by atoms with Crippen molar-refractivity contribution in [3.63, 3.8) is 0 Å². The quantitative estimate of drug-likeness (QED) is 0.615. The average Bonchev–Trinajstić information content (AvgIpc) is 2.75. The van der Waals surface area contributed by atoms with Gasteiger partial charge in [0.2, 0.25) is 0 Å². The van der Waals surface area contributed by atoms with Crippen LogP contribution in [0, 0.1) is 0 Å². The lowest BCUT2D eigenvalue weighted by Gasteiger charge is -2.11. The second-order valence-electron chi connectivity index (χ2n) is 5.31. The van der Waals surface area contributed by atoms with Gasteiger partial charge in [0.05, 0.1) is 10.5 Å². The maximum atomic E-state index is 12.8. The van der Waals surface area contributed by atoms with E-state index in [9.17, 15) is 27.9 Å². The highest BCUT2D eigenvalue weighted by Crippen LogP contribution is 2.38. The number of carbonyl (C=O) groups excluding carboxylic acids is 2. The molecule has 1 aromatic carbocycles. The molecule has 1 N–H and O–H groups in total. The van der Waals surface area contributed by atoms with Gasteiger partial charge in [-0.25, -0.2) is 0 Å². The average molecular weight is 359 g/mol. The number of phenols is 1. The number of phenolic OH excluding ortho intramolecular Hbond substituents is 1. The van der Waals surface area contributed by atoms with Gasteiger partial charge in [0, 0.05) is 6.54 Å². The van der Waals surface area contributed by atoms with Gasteiger partial charge in [-0.15, -0.1) is 0 Å². The molecule has 0 bridgehead atoms. The maximum absolute atomic E-state index is 12.8. The fraction of sp³-hybridized carbons (Fsp3) is 0.375. The summed E-state index contributed by atoms with van der Waals surface area (Å²) >= 11 is 0.707. The maximum Gasteiger partial charge on any atom is 0.419 e. The second kappa shape index (κ2) is 7.29. The van der Waals surface area contributed by atoms with Crippen molar-refractivity contribution in [1.29, 1.82) is 0 Å². The molecule has 0 saturated carbocycles. The van der Waals surface area contributed by atoms with Crippen LogP contribution in [0.25, 0.3) is 6.08 Å². The van der Waals surface area contributed by atoms with Gasteiger partial charge in [-0.2, -0.15) is 13.2 Å². The first-order valence-electron chi connectivity index (χ1n) is 7.39. The predicted molar refractivity (Wildman–Crippen MR) is 85.3 cm³/mol. The second-order valence-corrected chi connectivity index (χ2v) is 6.31. The molecular weight excluding hydrogens is 343 g/mol. The first-order chi connectivity index (χ1) is 11.2. The summed E-state index contributed by atoms with van der Waals surface area (Å²) < 4.78 is 38.4. The summed E-state index contributed by atoms with van der Waals surface area (Å²) in [5, 5.41) is 8.89. The molecule has 0 unspecified atom stereocenters. The van der Waals surface area contributed by atoms with E-state index in [-0.39, 0.29) is 10.5 Å². The molecule has 1 aliphatic heterocycles. The minimum absolute atomic E-state index is 0.0790. The van der Waals surface area contributed by atoms with E-state index in [2.05, 4.69) is 0 Å². The van der Waals surface area contributed by atoms with Crippen LogP contribution in [0.4, 0.5) is 18.0 Å². The van der Waals surface area contributed by atoms with Gasteiger partial charge in [0.1, 0.15) is 5.75 Å². The van der Waals surface area contributed by atoms with Crippen LogP contribution in [-0.2, 0) is 11.0 Å². The van der Waals surface area contributed by atoms with Crippen LogP contribution in [0.3, 0.4) is 0 Å². The van der Waals surface area contributed by atoms with Gasteiger partial charge in [-0.3, -0.25) is 14.5 Å². The Kier molecular flexibility index (Phi) is 5.58. The van der Waals surface area contributed by atoms with E-state index in [4.69, 9.17) is 0 Å². The molecule has 2 rings (SSSR count). The van der Waals surface area contributed by atoms with E-state index in [1.807, 2.05) is 6.92 Å². The van der Waals surface area contributed by atoms with Gasteiger partial charge >= 0.3 is 6.18 Å². The van der Waals surface area contributed by atoms with Crippen molar-refractivity contribution in [2.75, 3.05) is 6.54 Å². The predicted octanol–water partition coefficient (Wildman–Crippen LogP) is 4.64. The van der Waals surface area contributed by atoms with E-state index < -0.39 is 28.6 Å². The molecule has 130 valence electrons. The number of halogens is 3. The Hall–Kier alpha value is -1.96. The van der Waals surface area contributed by atoms with E-state index in [1.54, 1.807) is 0 Å². The Bertz CT molecular complexity index is 686. The molecule has 0 spiro atoms. The number of aromatic hydroxyl groups is 1. The highest BCUT2D eigenvalue weighted by Gasteiger charge is 2.36. The van der Waals surface area contributed by atoms with Crippen LogP contribution >= 0.6 is 11.8 Å².